The van der Waals surface area contributed by atoms with Crippen LogP contribution in [0, 0.1) is 0 Å². The average Bonchev–Trinajstić information content (AvgIpc) is 3.42. The van der Waals surface area contributed by atoms with Gasteiger partial charge in [-0.05, 0) is 80.4 Å². The Morgan fingerprint density at radius 2 is 1.93 bits per heavy atom. The van der Waals surface area contributed by atoms with Gasteiger partial charge in [-0.25, -0.2) is 4.79 Å². The van der Waals surface area contributed by atoms with Gasteiger partial charge in [0.25, 0.3) is 11.1 Å². The van der Waals surface area contributed by atoms with E-state index in [0.717, 1.165) is 22.7 Å². The van der Waals surface area contributed by atoms with Crippen LogP contribution in [0.4, 0.5) is 22.8 Å². The number of imide groups is 1. The minimum Gasteiger partial charge on any atom is -0.444 e. The Labute approximate surface area is 254 Å². The second-order valence-corrected chi connectivity index (χ2v) is 12.8. The molecule has 0 spiro atoms. The molecule has 0 bridgehead atoms. The van der Waals surface area contributed by atoms with Crippen molar-refractivity contribution in [1.82, 2.24) is 19.6 Å². The van der Waals surface area contributed by atoms with E-state index in [4.69, 9.17) is 16.3 Å². The number of fused-ring (bicyclic) bond motifs is 1. The van der Waals surface area contributed by atoms with Gasteiger partial charge in [0.2, 0.25) is 0 Å². The number of aliphatic hydroxyl groups excluding tert-OH is 1. The first-order chi connectivity index (χ1) is 20.1. The molecule has 5 rings (SSSR count). The van der Waals surface area contributed by atoms with E-state index >= 15 is 0 Å². The molecule has 2 fully saturated rings. The SMILES string of the molecule is CC(C)(C)OC(=O)N1CC[C@H](N2C(=O)S/C(=C\c3ccc4c(cnn4Cc4ccc(Cl)cc4C(F)(F)F)c3)C2=O)[C@@H](O)C1. The lowest BCUT2D eigenvalue weighted by molar-refractivity contribution is -0.138. The Balaban J connectivity index is 1.31. The van der Waals surface area contributed by atoms with E-state index in [1.165, 1.54) is 27.9 Å². The highest BCUT2D eigenvalue weighted by molar-refractivity contribution is 8.18. The van der Waals surface area contributed by atoms with E-state index in [1.54, 1.807) is 45.0 Å². The van der Waals surface area contributed by atoms with Crippen LogP contribution in [-0.4, -0.2) is 72.8 Å². The summed E-state index contributed by atoms with van der Waals surface area (Å²) in [5, 5.41) is 15.1. The number of amides is 3. The number of ether oxygens (including phenoxy) is 1. The van der Waals surface area contributed by atoms with Crippen molar-refractivity contribution >= 4 is 57.6 Å². The third-order valence-corrected chi connectivity index (χ3v) is 8.13. The van der Waals surface area contributed by atoms with Gasteiger partial charge in [0, 0.05) is 17.0 Å². The van der Waals surface area contributed by atoms with Gasteiger partial charge in [-0.3, -0.25) is 19.2 Å². The molecule has 1 N–H and O–H groups in total. The zero-order chi connectivity index (χ0) is 31.3. The number of β-amino-alcohol motifs (C(OH)–C–C–N with tert-alkyl or cyclic N) is 1. The molecule has 0 radical (unpaired) electrons. The number of hydrogen-bond acceptors (Lipinski definition) is 7. The summed E-state index contributed by atoms with van der Waals surface area (Å²) < 4.78 is 47.5. The highest BCUT2D eigenvalue weighted by atomic mass is 35.5. The van der Waals surface area contributed by atoms with Gasteiger partial charge in [-0.2, -0.15) is 18.3 Å². The molecular weight excluding hydrogens is 609 g/mol. The molecule has 9 nitrogen and oxygen atoms in total. The first kappa shape index (κ1) is 30.9. The molecule has 3 aromatic rings. The lowest BCUT2D eigenvalue weighted by atomic mass is 10.0. The summed E-state index contributed by atoms with van der Waals surface area (Å²) in [7, 11) is 0. The van der Waals surface area contributed by atoms with Crippen molar-refractivity contribution in [3.05, 3.63) is 69.2 Å². The summed E-state index contributed by atoms with van der Waals surface area (Å²) in [6, 6.07) is 7.87. The number of thioether (sulfide) groups is 1. The van der Waals surface area contributed by atoms with Crippen LogP contribution in [0.2, 0.25) is 5.02 Å². The summed E-state index contributed by atoms with van der Waals surface area (Å²) in [5.41, 5.74) is -0.366. The van der Waals surface area contributed by atoms with Gasteiger partial charge < -0.3 is 14.7 Å². The predicted molar refractivity (Wildman–Crippen MR) is 155 cm³/mol. The molecule has 0 saturated carbocycles. The fourth-order valence-electron chi connectivity index (χ4n) is 5.06. The quantitative estimate of drug-likeness (QED) is 0.342. The third-order valence-electron chi connectivity index (χ3n) is 7.01. The molecule has 228 valence electrons. The summed E-state index contributed by atoms with van der Waals surface area (Å²) in [4.78, 5) is 41.1. The summed E-state index contributed by atoms with van der Waals surface area (Å²) in [5.74, 6) is -0.553. The van der Waals surface area contributed by atoms with Crippen molar-refractivity contribution < 1.29 is 37.4 Å². The number of carbonyl (C=O) groups excluding carboxylic acids is 3. The van der Waals surface area contributed by atoms with Crippen molar-refractivity contribution in [3.8, 4) is 0 Å². The highest BCUT2D eigenvalue weighted by Gasteiger charge is 2.45. The maximum Gasteiger partial charge on any atom is 0.416 e. The Morgan fingerprint density at radius 3 is 2.60 bits per heavy atom. The number of benzene rings is 2. The first-order valence-electron chi connectivity index (χ1n) is 13.3. The van der Waals surface area contributed by atoms with Crippen LogP contribution in [0.15, 0.2) is 47.5 Å². The number of aliphatic hydroxyl groups is 1. The summed E-state index contributed by atoms with van der Waals surface area (Å²) in [6.45, 7) is 5.19. The molecule has 1 aromatic heterocycles. The molecular formula is C29H28ClF3N4O5S. The van der Waals surface area contributed by atoms with E-state index in [9.17, 15) is 32.7 Å². The van der Waals surface area contributed by atoms with Crippen LogP contribution < -0.4 is 0 Å². The lowest BCUT2D eigenvalue weighted by Gasteiger charge is -2.39. The van der Waals surface area contributed by atoms with Gasteiger partial charge >= 0.3 is 12.3 Å². The fourth-order valence-corrected chi connectivity index (χ4v) is 6.12. The van der Waals surface area contributed by atoms with E-state index < -0.39 is 46.7 Å². The molecule has 2 aliphatic heterocycles. The number of aromatic nitrogens is 2. The zero-order valence-corrected chi connectivity index (χ0v) is 25.0. The fraction of sp³-hybridized carbons (Fsp3) is 0.379. The summed E-state index contributed by atoms with van der Waals surface area (Å²) in [6.07, 6.45) is -3.05. The largest absolute Gasteiger partial charge is 0.444 e. The van der Waals surface area contributed by atoms with Crippen LogP contribution in [0.3, 0.4) is 0 Å². The molecule has 3 amide bonds. The topological polar surface area (TPSA) is 105 Å². The standard InChI is InChI=1S/C29H28ClF3N4O5S/c1-28(2,3)42-26(40)35-9-8-22(23(38)15-35)37-25(39)24(43-27(37)41)11-16-4-7-21-18(10-16)13-34-36(21)14-17-5-6-19(30)12-20(17)29(31,32)33/h4-7,10-13,22-23,38H,8-9,14-15H2,1-3H3/b24-11-/t22-,23-/m0/s1. The Morgan fingerprint density at radius 1 is 1.19 bits per heavy atom. The van der Waals surface area contributed by atoms with Crippen molar-refractivity contribution in [2.75, 3.05) is 13.1 Å². The Hall–Kier alpha value is -3.55. The van der Waals surface area contributed by atoms with E-state index in [0.29, 0.717) is 16.5 Å². The number of likely N-dealkylation sites (tertiary alicyclic amines) is 1. The van der Waals surface area contributed by atoms with Gasteiger partial charge in [0.05, 0.1) is 47.4 Å². The van der Waals surface area contributed by atoms with Crippen LogP contribution in [0.25, 0.3) is 17.0 Å². The van der Waals surface area contributed by atoms with Gasteiger partial charge in [0.1, 0.15) is 5.60 Å². The van der Waals surface area contributed by atoms with E-state index in [2.05, 4.69) is 5.10 Å². The predicted octanol–water partition coefficient (Wildman–Crippen LogP) is 6.16. The minimum absolute atomic E-state index is 0.0127. The van der Waals surface area contributed by atoms with Crippen molar-refractivity contribution in [3.63, 3.8) is 0 Å². The molecule has 14 heteroatoms. The van der Waals surface area contributed by atoms with Crippen molar-refractivity contribution in [1.29, 1.82) is 0 Å². The number of hydrogen-bond donors (Lipinski definition) is 1. The van der Waals surface area contributed by atoms with Crippen LogP contribution >= 0.6 is 23.4 Å². The molecule has 2 atom stereocenters. The number of halogens is 4. The molecule has 3 heterocycles. The molecule has 2 saturated heterocycles. The first-order valence-corrected chi connectivity index (χ1v) is 14.5. The van der Waals surface area contributed by atoms with Gasteiger partial charge in [0.15, 0.2) is 0 Å². The second kappa shape index (κ2) is 11.5. The van der Waals surface area contributed by atoms with E-state index in [1.807, 2.05) is 0 Å². The number of carbonyl (C=O) groups is 3. The number of rotatable bonds is 4. The van der Waals surface area contributed by atoms with E-state index in [-0.39, 0.29) is 41.5 Å². The highest BCUT2D eigenvalue weighted by Crippen LogP contribution is 2.37. The zero-order valence-electron chi connectivity index (χ0n) is 23.4. The molecule has 0 aliphatic carbocycles. The van der Waals surface area contributed by atoms with Crippen LogP contribution in [0.5, 0.6) is 0 Å². The number of nitrogens with zero attached hydrogens (tertiary/aromatic N) is 4. The lowest BCUT2D eigenvalue weighted by Crippen LogP contribution is -2.57. The minimum atomic E-state index is -4.58. The number of piperidine rings is 1. The van der Waals surface area contributed by atoms with Crippen molar-refractivity contribution in [2.24, 2.45) is 0 Å². The maximum atomic E-state index is 13.6. The Kier molecular flexibility index (Phi) is 8.27. The molecule has 2 aromatic carbocycles. The third kappa shape index (κ3) is 6.68. The maximum absolute atomic E-state index is 13.6. The molecule has 43 heavy (non-hydrogen) atoms. The Bertz CT molecular complexity index is 1630. The second-order valence-electron chi connectivity index (χ2n) is 11.3. The van der Waals surface area contributed by atoms with Crippen LogP contribution in [0.1, 0.15) is 43.9 Å². The number of alkyl halides is 3. The molecule has 2 aliphatic rings. The molecule has 0 unspecified atom stereocenters. The van der Waals surface area contributed by atoms with Gasteiger partial charge in [-0.1, -0.05) is 23.7 Å². The monoisotopic (exact) mass is 636 g/mol. The van der Waals surface area contributed by atoms with Crippen molar-refractivity contribution in [2.45, 2.75) is 57.7 Å². The normalized spacial score (nSPS) is 20.9. The summed E-state index contributed by atoms with van der Waals surface area (Å²) >= 11 is 6.54. The van der Waals surface area contributed by atoms with Gasteiger partial charge in [-0.15, -0.1) is 0 Å². The van der Waals surface area contributed by atoms with Crippen LogP contribution in [-0.2, 0) is 22.3 Å². The average molecular weight is 637 g/mol. The smallest absolute Gasteiger partial charge is 0.416 e.